The summed E-state index contributed by atoms with van der Waals surface area (Å²) in [6.07, 6.45) is 2.07. The summed E-state index contributed by atoms with van der Waals surface area (Å²) in [6, 6.07) is 13.0. The fourth-order valence-corrected chi connectivity index (χ4v) is 3.73. The molecule has 110 valence electrons. The Balaban J connectivity index is 1.48. The van der Waals surface area contributed by atoms with Gasteiger partial charge in [0.25, 0.3) is 0 Å². The number of hydrogen-bond donors (Lipinski definition) is 2. The lowest BCUT2D eigenvalue weighted by Gasteiger charge is -2.06. The molecule has 3 N–H and O–H groups in total. The van der Waals surface area contributed by atoms with Crippen LogP contribution in [0.2, 0.25) is 0 Å². The van der Waals surface area contributed by atoms with Crippen molar-refractivity contribution in [1.29, 1.82) is 0 Å². The zero-order valence-electron chi connectivity index (χ0n) is 11.6. The molecule has 5 heteroatoms. The number of nitrogens with two attached hydrogens (primary N) is 1. The first-order chi connectivity index (χ1) is 10.2. The minimum atomic E-state index is 0.411. The molecule has 21 heavy (non-hydrogen) atoms. The maximum absolute atomic E-state index is 5.96. The molecule has 1 aromatic carbocycles. The average molecular weight is 364 g/mol. The van der Waals surface area contributed by atoms with Crippen molar-refractivity contribution in [2.24, 2.45) is 10.7 Å². The quantitative estimate of drug-likeness (QED) is 0.630. The number of thiophene rings is 1. The van der Waals surface area contributed by atoms with Gasteiger partial charge in [0.05, 0.1) is 0 Å². The van der Waals surface area contributed by atoms with Gasteiger partial charge in [0.2, 0.25) is 0 Å². The number of halogens is 1. The summed E-state index contributed by atoms with van der Waals surface area (Å²) in [6.45, 7) is 0.742. The Bertz CT molecular complexity index is 624. The SMILES string of the molecule is NC(=NCCc1cccs1)N[C@@H]1C[C@H]1c1ccccc1Br. The third-order valence-corrected chi connectivity index (χ3v) is 5.31. The van der Waals surface area contributed by atoms with Crippen LogP contribution in [-0.4, -0.2) is 18.5 Å². The highest BCUT2D eigenvalue weighted by molar-refractivity contribution is 9.10. The summed E-state index contributed by atoms with van der Waals surface area (Å²) < 4.78 is 1.17. The molecule has 1 aromatic heterocycles. The van der Waals surface area contributed by atoms with Crippen LogP contribution >= 0.6 is 27.3 Å². The topological polar surface area (TPSA) is 50.4 Å². The van der Waals surface area contributed by atoms with E-state index in [1.807, 2.05) is 6.07 Å². The molecule has 2 atom stereocenters. The fraction of sp³-hybridized carbons (Fsp3) is 0.312. The van der Waals surface area contributed by atoms with Gasteiger partial charge >= 0.3 is 0 Å². The molecule has 1 heterocycles. The summed E-state index contributed by atoms with van der Waals surface area (Å²) >= 11 is 5.37. The largest absolute Gasteiger partial charge is 0.370 e. The van der Waals surface area contributed by atoms with Crippen molar-refractivity contribution >= 4 is 33.2 Å². The molecule has 1 aliphatic carbocycles. The minimum Gasteiger partial charge on any atom is -0.370 e. The van der Waals surface area contributed by atoms with E-state index in [-0.39, 0.29) is 0 Å². The smallest absolute Gasteiger partial charge is 0.188 e. The summed E-state index contributed by atoms with van der Waals surface area (Å²) in [5.74, 6) is 1.10. The molecule has 3 rings (SSSR count). The van der Waals surface area contributed by atoms with Crippen molar-refractivity contribution < 1.29 is 0 Å². The molecule has 0 aliphatic heterocycles. The zero-order valence-corrected chi connectivity index (χ0v) is 14.0. The molecule has 0 amide bonds. The molecule has 2 aromatic rings. The van der Waals surface area contributed by atoms with Crippen LogP contribution in [0.25, 0.3) is 0 Å². The van der Waals surface area contributed by atoms with E-state index in [1.165, 1.54) is 14.9 Å². The normalized spacial score (nSPS) is 21.3. The average Bonchev–Trinajstić information content (AvgIpc) is 3.01. The third kappa shape index (κ3) is 3.86. The van der Waals surface area contributed by atoms with E-state index < -0.39 is 0 Å². The Morgan fingerprint density at radius 2 is 2.19 bits per heavy atom. The maximum Gasteiger partial charge on any atom is 0.188 e. The van der Waals surface area contributed by atoms with Crippen LogP contribution in [0.15, 0.2) is 51.2 Å². The lowest BCUT2D eigenvalue weighted by molar-refractivity contribution is 0.843. The second-order valence-electron chi connectivity index (χ2n) is 5.21. The highest BCUT2D eigenvalue weighted by Gasteiger charge is 2.39. The Labute approximate surface area is 137 Å². The molecule has 1 aliphatic rings. The van der Waals surface area contributed by atoms with E-state index in [1.54, 1.807) is 11.3 Å². The van der Waals surface area contributed by atoms with Crippen LogP contribution in [0, 0.1) is 0 Å². The number of hydrogen-bond acceptors (Lipinski definition) is 2. The first kappa shape index (κ1) is 14.6. The van der Waals surface area contributed by atoms with Crippen molar-refractivity contribution in [3.8, 4) is 0 Å². The van der Waals surface area contributed by atoms with Crippen LogP contribution in [-0.2, 0) is 6.42 Å². The lowest BCUT2D eigenvalue weighted by atomic mass is 10.1. The Morgan fingerprint density at radius 1 is 1.33 bits per heavy atom. The van der Waals surface area contributed by atoms with Crippen molar-refractivity contribution in [2.75, 3.05) is 6.54 Å². The fourth-order valence-electron chi connectivity index (χ4n) is 2.45. The van der Waals surface area contributed by atoms with Gasteiger partial charge in [-0.2, -0.15) is 0 Å². The molecule has 0 radical (unpaired) electrons. The molecular formula is C16H18BrN3S. The molecule has 0 saturated heterocycles. The lowest BCUT2D eigenvalue weighted by Crippen LogP contribution is -2.34. The predicted octanol–water partition coefficient (Wildman–Crippen LogP) is 3.51. The molecule has 1 fully saturated rings. The van der Waals surface area contributed by atoms with E-state index in [0.717, 1.165) is 19.4 Å². The van der Waals surface area contributed by atoms with Gasteiger partial charge in [-0.05, 0) is 29.5 Å². The molecular weight excluding hydrogens is 346 g/mol. The maximum atomic E-state index is 5.96. The minimum absolute atomic E-state index is 0.411. The summed E-state index contributed by atoms with van der Waals surface area (Å²) in [5, 5.41) is 5.41. The van der Waals surface area contributed by atoms with Gasteiger partial charge in [0, 0.05) is 34.3 Å². The molecule has 1 saturated carbocycles. The Kier molecular flexibility index (Phi) is 4.60. The number of aliphatic imine (C=N–C) groups is 1. The van der Waals surface area contributed by atoms with Gasteiger partial charge in [-0.15, -0.1) is 11.3 Å². The Hall–Kier alpha value is -1.33. The predicted molar refractivity (Wildman–Crippen MR) is 92.9 cm³/mol. The van der Waals surface area contributed by atoms with Gasteiger partial charge in [-0.25, -0.2) is 0 Å². The monoisotopic (exact) mass is 363 g/mol. The number of nitrogens with one attached hydrogen (secondary N) is 1. The van der Waals surface area contributed by atoms with Gasteiger partial charge in [-0.3, -0.25) is 4.99 Å². The van der Waals surface area contributed by atoms with Crippen LogP contribution in [0.3, 0.4) is 0 Å². The summed E-state index contributed by atoms with van der Waals surface area (Å²) in [4.78, 5) is 5.76. The van der Waals surface area contributed by atoms with Crippen LogP contribution in [0.4, 0.5) is 0 Å². The summed E-state index contributed by atoms with van der Waals surface area (Å²) in [5.41, 5.74) is 7.31. The van der Waals surface area contributed by atoms with E-state index in [2.05, 4.69) is 62.0 Å². The van der Waals surface area contributed by atoms with Crippen LogP contribution in [0.5, 0.6) is 0 Å². The van der Waals surface area contributed by atoms with E-state index in [4.69, 9.17) is 5.73 Å². The van der Waals surface area contributed by atoms with Gasteiger partial charge in [-0.1, -0.05) is 40.2 Å². The number of benzene rings is 1. The number of nitrogens with zero attached hydrogens (tertiary/aromatic N) is 1. The van der Waals surface area contributed by atoms with Gasteiger partial charge < -0.3 is 11.1 Å². The van der Waals surface area contributed by atoms with Crippen molar-refractivity contribution in [2.45, 2.75) is 24.8 Å². The third-order valence-electron chi connectivity index (χ3n) is 3.65. The van der Waals surface area contributed by atoms with Crippen molar-refractivity contribution in [1.82, 2.24) is 5.32 Å². The second kappa shape index (κ2) is 6.62. The van der Waals surface area contributed by atoms with Crippen LogP contribution < -0.4 is 11.1 Å². The second-order valence-corrected chi connectivity index (χ2v) is 7.10. The molecule has 0 spiro atoms. The highest BCUT2D eigenvalue weighted by atomic mass is 79.9. The van der Waals surface area contributed by atoms with E-state index >= 15 is 0 Å². The van der Waals surface area contributed by atoms with Gasteiger partial charge in [0.1, 0.15) is 0 Å². The van der Waals surface area contributed by atoms with Crippen molar-refractivity contribution in [3.05, 3.63) is 56.7 Å². The van der Waals surface area contributed by atoms with Crippen LogP contribution in [0.1, 0.15) is 22.8 Å². The van der Waals surface area contributed by atoms with Crippen molar-refractivity contribution in [3.63, 3.8) is 0 Å². The van der Waals surface area contributed by atoms with E-state index in [9.17, 15) is 0 Å². The summed E-state index contributed by atoms with van der Waals surface area (Å²) in [7, 11) is 0. The Morgan fingerprint density at radius 3 is 2.95 bits per heavy atom. The first-order valence-electron chi connectivity index (χ1n) is 7.07. The molecule has 0 unspecified atom stereocenters. The van der Waals surface area contributed by atoms with E-state index in [0.29, 0.717) is 17.9 Å². The highest BCUT2D eigenvalue weighted by Crippen LogP contribution is 2.43. The zero-order chi connectivity index (χ0) is 14.7. The first-order valence-corrected chi connectivity index (χ1v) is 8.74. The standard InChI is InChI=1S/C16H18BrN3S/c17-14-6-2-1-5-12(14)13-10-15(13)20-16(18)19-8-7-11-4-3-9-21-11/h1-6,9,13,15H,7-8,10H2,(H3,18,19,20)/t13-,15+/m0/s1. The molecule has 0 bridgehead atoms. The molecule has 3 nitrogen and oxygen atoms in total. The number of guanidine groups is 1. The van der Waals surface area contributed by atoms with Gasteiger partial charge in [0.15, 0.2) is 5.96 Å². The number of rotatable bonds is 5.